The summed E-state index contributed by atoms with van der Waals surface area (Å²) >= 11 is 0. The summed E-state index contributed by atoms with van der Waals surface area (Å²) in [6, 6.07) is 7.06. The van der Waals surface area contributed by atoms with E-state index in [2.05, 4.69) is 16.1 Å². The highest BCUT2D eigenvalue weighted by atomic mass is 32.2. The van der Waals surface area contributed by atoms with Crippen LogP contribution < -0.4 is 10.0 Å². The molecule has 146 valence electrons. The zero-order valence-corrected chi connectivity index (χ0v) is 16.3. The van der Waals surface area contributed by atoms with Crippen molar-refractivity contribution in [2.45, 2.75) is 50.1 Å². The maximum Gasteiger partial charge on any atom is 0.324 e. The number of sulfonamides is 1. The molecular formula is C18H23N3O5S. The first-order valence-electron chi connectivity index (χ1n) is 8.55. The predicted molar refractivity (Wildman–Crippen MR) is 96.8 cm³/mol. The average molecular weight is 393 g/mol. The minimum Gasteiger partial charge on any atom is -0.454 e. The van der Waals surface area contributed by atoms with E-state index in [4.69, 9.17) is 4.74 Å². The van der Waals surface area contributed by atoms with Crippen LogP contribution in [0.4, 0.5) is 0 Å². The van der Waals surface area contributed by atoms with Crippen molar-refractivity contribution in [1.82, 2.24) is 10.0 Å². The molecule has 2 rings (SSSR count). The van der Waals surface area contributed by atoms with Gasteiger partial charge in [0.15, 0.2) is 6.61 Å². The lowest BCUT2D eigenvalue weighted by atomic mass is 9.98. The molecule has 8 nitrogen and oxygen atoms in total. The zero-order valence-electron chi connectivity index (χ0n) is 15.5. The van der Waals surface area contributed by atoms with Crippen LogP contribution >= 0.6 is 0 Å². The van der Waals surface area contributed by atoms with Gasteiger partial charge in [0.1, 0.15) is 11.6 Å². The Hall–Kier alpha value is -2.44. The van der Waals surface area contributed by atoms with E-state index in [9.17, 15) is 23.3 Å². The predicted octanol–water partition coefficient (Wildman–Crippen LogP) is 1.01. The number of hydrogen-bond donors (Lipinski definition) is 2. The van der Waals surface area contributed by atoms with Gasteiger partial charge in [-0.15, -0.1) is 0 Å². The van der Waals surface area contributed by atoms with E-state index in [1.54, 1.807) is 19.1 Å². The first-order chi connectivity index (χ1) is 12.6. The summed E-state index contributed by atoms with van der Waals surface area (Å²) in [5.41, 5.74) is -0.0784. The Balaban J connectivity index is 1.87. The van der Waals surface area contributed by atoms with Crippen LogP contribution in [0.15, 0.2) is 29.2 Å². The van der Waals surface area contributed by atoms with Gasteiger partial charge in [0.25, 0.3) is 5.91 Å². The molecule has 0 heterocycles. The molecule has 1 aromatic carbocycles. The monoisotopic (exact) mass is 393 g/mol. The number of ether oxygens (including phenoxy) is 1. The molecular weight excluding hydrogens is 370 g/mol. The van der Waals surface area contributed by atoms with Crippen LogP contribution in [0.3, 0.4) is 0 Å². The van der Waals surface area contributed by atoms with Crippen LogP contribution in [0.5, 0.6) is 0 Å². The van der Waals surface area contributed by atoms with Gasteiger partial charge in [-0.25, -0.2) is 8.42 Å². The number of nitrogens with one attached hydrogen (secondary N) is 2. The molecule has 9 heteroatoms. The van der Waals surface area contributed by atoms with E-state index in [1.165, 1.54) is 19.1 Å². The lowest BCUT2D eigenvalue weighted by Crippen LogP contribution is -2.48. The highest BCUT2D eigenvalue weighted by Crippen LogP contribution is 2.39. The van der Waals surface area contributed by atoms with Crippen LogP contribution in [0.1, 0.15) is 32.3 Å². The fraction of sp³-hybridized carbons (Fsp3) is 0.500. The van der Waals surface area contributed by atoms with Crippen LogP contribution in [-0.4, -0.2) is 38.5 Å². The van der Waals surface area contributed by atoms with Crippen LogP contribution in [0.2, 0.25) is 0 Å². The Bertz CT molecular complexity index is 856. The Morgan fingerprint density at radius 3 is 2.44 bits per heavy atom. The molecule has 1 unspecified atom stereocenters. The lowest BCUT2D eigenvalue weighted by Gasteiger charge is -2.22. The van der Waals surface area contributed by atoms with E-state index in [-0.39, 0.29) is 10.8 Å². The molecule has 0 radical (unpaired) electrons. The minimum absolute atomic E-state index is 0.0275. The number of hydrogen-bond acceptors (Lipinski definition) is 6. The van der Waals surface area contributed by atoms with Gasteiger partial charge in [-0.1, -0.05) is 17.7 Å². The number of benzene rings is 1. The Morgan fingerprint density at radius 1 is 1.33 bits per heavy atom. The molecule has 2 N–H and O–H groups in total. The average Bonchev–Trinajstić information content (AvgIpc) is 3.45. The number of esters is 1. The van der Waals surface area contributed by atoms with Gasteiger partial charge in [0.05, 0.1) is 11.0 Å². The summed E-state index contributed by atoms with van der Waals surface area (Å²) in [5, 5.41) is 11.8. The second kappa shape index (κ2) is 8.06. The molecule has 1 fully saturated rings. The summed E-state index contributed by atoms with van der Waals surface area (Å²) in [6.45, 7) is 4.20. The standard InChI is InChI=1S/C18H23N3O5S/c1-12-4-8-15(9-5-12)27(24,25)21-13(2)17(23)26-10-16(22)20-18(3,11-19)14-6-7-14/h4-5,8-9,13-14,21H,6-7,10H2,1-3H3,(H,20,22)/t13-,18?/m0/s1. The third kappa shape index (κ3) is 5.52. The van der Waals surface area contributed by atoms with Gasteiger partial charge in [0, 0.05) is 0 Å². The molecule has 27 heavy (non-hydrogen) atoms. The maximum atomic E-state index is 12.3. The first kappa shape index (κ1) is 20.9. The Morgan fingerprint density at radius 2 is 1.93 bits per heavy atom. The summed E-state index contributed by atoms with van der Waals surface area (Å²) in [5.74, 6) is -1.39. The van der Waals surface area contributed by atoms with Crippen LogP contribution in [-0.2, 0) is 24.3 Å². The SMILES string of the molecule is Cc1ccc(S(=O)(=O)N[C@@H](C)C(=O)OCC(=O)NC(C)(C#N)C2CC2)cc1. The largest absolute Gasteiger partial charge is 0.454 e. The first-order valence-corrected chi connectivity index (χ1v) is 10.0. The third-order valence-corrected chi connectivity index (χ3v) is 5.94. The number of carbonyl (C=O) groups is 2. The number of rotatable bonds is 8. The lowest BCUT2D eigenvalue weighted by molar-refractivity contribution is -0.150. The van der Waals surface area contributed by atoms with Crippen molar-refractivity contribution in [1.29, 1.82) is 5.26 Å². The molecule has 0 saturated heterocycles. The van der Waals surface area contributed by atoms with Crippen molar-refractivity contribution in [3.63, 3.8) is 0 Å². The third-order valence-electron chi connectivity index (χ3n) is 4.39. The quantitative estimate of drug-likeness (QED) is 0.635. The van der Waals surface area contributed by atoms with E-state index >= 15 is 0 Å². The molecule has 0 aliphatic heterocycles. The zero-order chi connectivity index (χ0) is 20.2. The minimum atomic E-state index is -3.89. The Labute approximate surface area is 158 Å². The van der Waals surface area contributed by atoms with Gasteiger partial charge in [-0.05, 0) is 51.7 Å². The highest BCUT2D eigenvalue weighted by molar-refractivity contribution is 7.89. The van der Waals surface area contributed by atoms with Crippen molar-refractivity contribution in [2.75, 3.05) is 6.61 Å². The number of aryl methyl sites for hydroxylation is 1. The van der Waals surface area contributed by atoms with Gasteiger partial charge in [0.2, 0.25) is 10.0 Å². The van der Waals surface area contributed by atoms with Gasteiger partial charge < -0.3 is 10.1 Å². The fourth-order valence-electron chi connectivity index (χ4n) is 2.54. The molecule has 2 atom stereocenters. The van der Waals surface area contributed by atoms with Crippen molar-refractivity contribution < 1.29 is 22.7 Å². The smallest absolute Gasteiger partial charge is 0.324 e. The number of amides is 1. The highest BCUT2D eigenvalue weighted by Gasteiger charge is 2.43. The van der Waals surface area contributed by atoms with Gasteiger partial charge >= 0.3 is 5.97 Å². The topological polar surface area (TPSA) is 125 Å². The van der Waals surface area contributed by atoms with Gasteiger partial charge in [-0.3, -0.25) is 9.59 Å². The fourth-order valence-corrected chi connectivity index (χ4v) is 3.73. The normalized spacial score (nSPS) is 17.3. The van der Waals surface area contributed by atoms with Crippen LogP contribution in [0.25, 0.3) is 0 Å². The second-order valence-electron chi connectivity index (χ2n) is 6.90. The Kier molecular flexibility index (Phi) is 6.23. The van der Waals surface area contributed by atoms with Gasteiger partial charge in [-0.2, -0.15) is 9.98 Å². The summed E-state index contributed by atoms with van der Waals surface area (Å²) in [4.78, 5) is 24.0. The second-order valence-corrected chi connectivity index (χ2v) is 8.61. The van der Waals surface area contributed by atoms with Crippen molar-refractivity contribution in [3.05, 3.63) is 29.8 Å². The molecule has 0 spiro atoms. The van der Waals surface area contributed by atoms with E-state index in [0.717, 1.165) is 18.4 Å². The maximum absolute atomic E-state index is 12.3. The molecule has 0 aromatic heterocycles. The van der Waals surface area contributed by atoms with E-state index in [0.29, 0.717) is 0 Å². The molecule has 1 saturated carbocycles. The number of nitrogens with zero attached hydrogens (tertiary/aromatic N) is 1. The van der Waals surface area contributed by atoms with Crippen molar-refractivity contribution in [2.24, 2.45) is 5.92 Å². The molecule has 1 aromatic rings. The molecule has 1 amide bonds. The van der Waals surface area contributed by atoms with E-state index in [1.807, 2.05) is 6.92 Å². The summed E-state index contributed by atoms with van der Waals surface area (Å²) in [7, 11) is -3.89. The number of nitriles is 1. The summed E-state index contributed by atoms with van der Waals surface area (Å²) < 4.78 is 31.6. The molecule has 1 aliphatic rings. The molecule has 0 bridgehead atoms. The van der Waals surface area contributed by atoms with E-state index < -0.39 is 40.1 Å². The molecule has 1 aliphatic carbocycles. The van der Waals surface area contributed by atoms with Crippen LogP contribution in [0, 0.1) is 24.2 Å². The van der Waals surface area contributed by atoms with Crippen molar-refractivity contribution in [3.8, 4) is 6.07 Å². The van der Waals surface area contributed by atoms with Crippen molar-refractivity contribution >= 4 is 21.9 Å². The number of carbonyl (C=O) groups excluding carboxylic acids is 2. The summed E-state index contributed by atoms with van der Waals surface area (Å²) in [6.07, 6.45) is 1.73.